The van der Waals surface area contributed by atoms with Gasteiger partial charge < -0.3 is 5.73 Å². The van der Waals surface area contributed by atoms with E-state index in [1.165, 1.54) is 12.1 Å². The van der Waals surface area contributed by atoms with Crippen molar-refractivity contribution in [2.24, 2.45) is 10.8 Å². The van der Waals surface area contributed by atoms with E-state index in [-0.39, 0.29) is 11.3 Å². The lowest BCUT2D eigenvalue weighted by Gasteiger charge is -1.97. The first kappa shape index (κ1) is 12.1. The summed E-state index contributed by atoms with van der Waals surface area (Å²) in [5, 5.41) is 14.1. The van der Waals surface area contributed by atoms with Gasteiger partial charge in [0.15, 0.2) is 0 Å². The quantitative estimate of drug-likeness (QED) is 0.497. The number of nitro groups is 1. The molecular weight excluding hydrogens is 280 g/mol. The standard InChI is InChI=1S/C8H7BrN4O3/c9-6-2-1-5(4-11-12-8(10)14)7(3-6)13(15)16/h1-4H,(H3,10,12,14)/b11-4+. The van der Waals surface area contributed by atoms with Gasteiger partial charge >= 0.3 is 6.03 Å². The zero-order valence-electron chi connectivity index (χ0n) is 7.88. The molecule has 1 aromatic carbocycles. The number of nitrogens with two attached hydrogens (primary N) is 1. The number of carbonyl (C=O) groups is 1. The summed E-state index contributed by atoms with van der Waals surface area (Å²) in [6.07, 6.45) is 1.15. The van der Waals surface area contributed by atoms with E-state index in [9.17, 15) is 14.9 Å². The Morgan fingerprint density at radius 2 is 2.31 bits per heavy atom. The minimum absolute atomic E-state index is 0.121. The van der Waals surface area contributed by atoms with E-state index in [1.54, 1.807) is 6.07 Å². The summed E-state index contributed by atoms with van der Waals surface area (Å²) < 4.78 is 0.583. The summed E-state index contributed by atoms with van der Waals surface area (Å²) in [4.78, 5) is 20.5. The smallest absolute Gasteiger partial charge is 0.332 e. The number of hydrogen-bond donors (Lipinski definition) is 2. The van der Waals surface area contributed by atoms with Crippen LogP contribution in [0.15, 0.2) is 27.8 Å². The second-order valence-electron chi connectivity index (χ2n) is 2.69. The number of nitrogens with zero attached hydrogens (tertiary/aromatic N) is 2. The largest absolute Gasteiger partial charge is 0.350 e. The Morgan fingerprint density at radius 3 is 2.88 bits per heavy atom. The maximum Gasteiger partial charge on any atom is 0.332 e. The van der Waals surface area contributed by atoms with Crippen LogP contribution in [0.1, 0.15) is 5.56 Å². The molecule has 0 aliphatic heterocycles. The molecule has 0 saturated carbocycles. The lowest BCUT2D eigenvalue weighted by Crippen LogP contribution is -2.24. The Bertz CT molecular complexity index is 461. The highest BCUT2D eigenvalue weighted by molar-refractivity contribution is 9.10. The van der Waals surface area contributed by atoms with E-state index in [4.69, 9.17) is 5.73 Å². The van der Waals surface area contributed by atoms with Crippen LogP contribution in [0.25, 0.3) is 0 Å². The van der Waals surface area contributed by atoms with Crippen molar-refractivity contribution in [3.63, 3.8) is 0 Å². The summed E-state index contributed by atoms with van der Waals surface area (Å²) in [5.41, 5.74) is 6.87. The number of nitro benzene ring substituents is 1. The van der Waals surface area contributed by atoms with Gasteiger partial charge in [0.25, 0.3) is 5.69 Å². The SMILES string of the molecule is NC(=O)N/N=C/c1ccc(Br)cc1[N+](=O)[O-]. The number of carbonyl (C=O) groups excluding carboxylic acids is 1. The van der Waals surface area contributed by atoms with Gasteiger partial charge in [-0.25, -0.2) is 10.2 Å². The number of urea groups is 1. The third kappa shape index (κ3) is 3.31. The average molecular weight is 287 g/mol. The van der Waals surface area contributed by atoms with E-state index in [1.807, 2.05) is 5.43 Å². The van der Waals surface area contributed by atoms with Gasteiger partial charge in [-0.2, -0.15) is 5.10 Å². The first-order valence-corrected chi connectivity index (χ1v) is 4.82. The summed E-state index contributed by atoms with van der Waals surface area (Å²) in [5.74, 6) is 0. The highest BCUT2D eigenvalue weighted by Gasteiger charge is 2.12. The summed E-state index contributed by atoms with van der Waals surface area (Å²) in [6, 6.07) is 3.62. The summed E-state index contributed by atoms with van der Waals surface area (Å²) in [7, 11) is 0. The van der Waals surface area contributed by atoms with Gasteiger partial charge in [-0.1, -0.05) is 15.9 Å². The van der Waals surface area contributed by atoms with E-state index in [0.29, 0.717) is 4.47 Å². The first-order chi connectivity index (χ1) is 7.50. The predicted molar refractivity (Wildman–Crippen MR) is 61.1 cm³/mol. The molecule has 0 radical (unpaired) electrons. The molecule has 0 aliphatic rings. The Labute approximate surface area is 98.6 Å². The zero-order valence-corrected chi connectivity index (χ0v) is 9.47. The molecule has 0 unspecified atom stereocenters. The molecule has 7 nitrogen and oxygen atoms in total. The molecule has 0 atom stereocenters. The molecule has 1 rings (SSSR count). The van der Waals surface area contributed by atoms with Crippen LogP contribution in [-0.2, 0) is 0 Å². The molecule has 8 heteroatoms. The van der Waals surface area contributed by atoms with Gasteiger partial charge in [0, 0.05) is 10.5 Å². The fourth-order valence-electron chi connectivity index (χ4n) is 0.950. The number of hydrazone groups is 1. The average Bonchev–Trinajstić information content (AvgIpc) is 2.19. The van der Waals surface area contributed by atoms with Crippen molar-refractivity contribution >= 4 is 33.9 Å². The third-order valence-electron chi connectivity index (χ3n) is 1.57. The maximum absolute atomic E-state index is 10.7. The van der Waals surface area contributed by atoms with Crippen LogP contribution in [0.2, 0.25) is 0 Å². The van der Waals surface area contributed by atoms with Gasteiger partial charge in [-0.05, 0) is 12.1 Å². The van der Waals surface area contributed by atoms with Crippen LogP contribution in [-0.4, -0.2) is 17.2 Å². The lowest BCUT2D eigenvalue weighted by molar-refractivity contribution is -0.385. The van der Waals surface area contributed by atoms with Crippen molar-refractivity contribution in [3.05, 3.63) is 38.3 Å². The number of benzene rings is 1. The van der Waals surface area contributed by atoms with E-state index < -0.39 is 11.0 Å². The lowest BCUT2D eigenvalue weighted by atomic mass is 10.2. The molecular formula is C8H7BrN4O3. The fraction of sp³-hybridized carbons (Fsp3) is 0. The second-order valence-corrected chi connectivity index (χ2v) is 3.61. The molecule has 0 spiro atoms. The number of halogens is 1. The molecule has 0 saturated heterocycles. The fourth-order valence-corrected chi connectivity index (χ4v) is 1.30. The molecule has 0 bridgehead atoms. The molecule has 0 aromatic heterocycles. The number of amides is 2. The van der Waals surface area contributed by atoms with Crippen LogP contribution in [0.3, 0.4) is 0 Å². The highest BCUT2D eigenvalue weighted by Crippen LogP contribution is 2.21. The van der Waals surface area contributed by atoms with Gasteiger partial charge in [0.1, 0.15) is 0 Å². The molecule has 0 heterocycles. The number of primary amides is 1. The third-order valence-corrected chi connectivity index (χ3v) is 2.06. The minimum Gasteiger partial charge on any atom is -0.350 e. The Hall–Kier alpha value is -1.96. The van der Waals surface area contributed by atoms with Crippen molar-refractivity contribution < 1.29 is 9.72 Å². The van der Waals surface area contributed by atoms with E-state index >= 15 is 0 Å². The Morgan fingerprint density at radius 1 is 1.62 bits per heavy atom. The normalized spacial score (nSPS) is 10.3. The van der Waals surface area contributed by atoms with Crippen LogP contribution < -0.4 is 11.2 Å². The first-order valence-electron chi connectivity index (χ1n) is 4.03. The van der Waals surface area contributed by atoms with Crippen LogP contribution >= 0.6 is 15.9 Å². The topological polar surface area (TPSA) is 111 Å². The van der Waals surface area contributed by atoms with Crippen molar-refractivity contribution in [1.29, 1.82) is 0 Å². The van der Waals surface area contributed by atoms with Crippen molar-refractivity contribution in [2.45, 2.75) is 0 Å². The zero-order chi connectivity index (χ0) is 12.1. The van der Waals surface area contributed by atoms with Gasteiger partial charge in [-0.3, -0.25) is 10.1 Å². The molecule has 3 N–H and O–H groups in total. The summed E-state index contributed by atoms with van der Waals surface area (Å²) in [6.45, 7) is 0. The van der Waals surface area contributed by atoms with Crippen LogP contribution in [0.4, 0.5) is 10.5 Å². The minimum atomic E-state index is -0.837. The molecule has 0 aliphatic carbocycles. The van der Waals surface area contributed by atoms with Crippen LogP contribution in [0.5, 0.6) is 0 Å². The van der Waals surface area contributed by atoms with Crippen LogP contribution in [0, 0.1) is 10.1 Å². The second kappa shape index (κ2) is 5.21. The Kier molecular flexibility index (Phi) is 3.95. The van der Waals surface area contributed by atoms with Gasteiger partial charge in [-0.15, -0.1) is 0 Å². The number of nitrogens with one attached hydrogen (secondary N) is 1. The van der Waals surface area contributed by atoms with Gasteiger partial charge in [0.2, 0.25) is 0 Å². The van der Waals surface area contributed by atoms with Gasteiger partial charge in [0.05, 0.1) is 16.7 Å². The summed E-state index contributed by atoms with van der Waals surface area (Å²) >= 11 is 3.12. The molecule has 0 fully saturated rings. The Balaban J connectivity index is 2.99. The molecule has 2 amide bonds. The predicted octanol–water partition coefficient (Wildman–Crippen LogP) is 1.36. The van der Waals surface area contributed by atoms with Crippen molar-refractivity contribution in [2.75, 3.05) is 0 Å². The van der Waals surface area contributed by atoms with Crippen molar-refractivity contribution in [1.82, 2.24) is 5.43 Å². The van der Waals surface area contributed by atoms with E-state index in [0.717, 1.165) is 6.21 Å². The van der Waals surface area contributed by atoms with Crippen molar-refractivity contribution in [3.8, 4) is 0 Å². The molecule has 84 valence electrons. The number of rotatable bonds is 3. The molecule has 1 aromatic rings. The monoisotopic (exact) mass is 286 g/mol. The van der Waals surface area contributed by atoms with E-state index in [2.05, 4.69) is 21.0 Å². The highest BCUT2D eigenvalue weighted by atomic mass is 79.9. The number of hydrogen-bond acceptors (Lipinski definition) is 4. The maximum atomic E-state index is 10.7. The molecule has 16 heavy (non-hydrogen) atoms.